The van der Waals surface area contributed by atoms with Crippen LogP contribution in [0.4, 0.5) is 5.82 Å². The lowest BCUT2D eigenvalue weighted by atomic mass is 10.2. The highest BCUT2D eigenvalue weighted by atomic mass is 32.1. The van der Waals surface area contributed by atoms with E-state index in [-0.39, 0.29) is 5.91 Å². The number of nitrogens with zero attached hydrogens (tertiary/aromatic N) is 2. The molecular weight excluding hydrogens is 306 g/mol. The van der Waals surface area contributed by atoms with Crippen molar-refractivity contribution in [3.8, 4) is 0 Å². The van der Waals surface area contributed by atoms with E-state index in [0.717, 1.165) is 28.6 Å². The summed E-state index contributed by atoms with van der Waals surface area (Å²) < 4.78 is 0. The molecule has 23 heavy (non-hydrogen) atoms. The molecule has 0 unspecified atom stereocenters. The summed E-state index contributed by atoms with van der Waals surface area (Å²) in [4.78, 5) is 23.2. The summed E-state index contributed by atoms with van der Waals surface area (Å²) in [7, 11) is 0. The first-order chi connectivity index (χ1) is 11.3. The highest BCUT2D eigenvalue weighted by molar-refractivity contribution is 7.19. The fourth-order valence-electron chi connectivity index (χ4n) is 2.92. The van der Waals surface area contributed by atoms with E-state index < -0.39 is 0 Å². The average molecular weight is 321 g/mol. The monoisotopic (exact) mass is 321 g/mol. The number of amides is 1. The highest BCUT2D eigenvalue weighted by Crippen LogP contribution is 2.38. The van der Waals surface area contributed by atoms with E-state index in [9.17, 15) is 4.79 Å². The third-order valence-corrected chi connectivity index (χ3v) is 5.17. The molecular formula is C18H15N3OS. The quantitative estimate of drug-likeness (QED) is 0.746. The van der Waals surface area contributed by atoms with E-state index in [0.29, 0.717) is 5.82 Å². The van der Waals surface area contributed by atoms with Crippen LogP contribution in [-0.4, -0.2) is 15.9 Å². The molecule has 5 heteroatoms. The topological polar surface area (TPSA) is 54.9 Å². The molecule has 0 bridgehead atoms. The summed E-state index contributed by atoms with van der Waals surface area (Å²) >= 11 is 1.72. The van der Waals surface area contributed by atoms with Crippen LogP contribution < -0.4 is 5.32 Å². The number of nitrogens with one attached hydrogen (secondary N) is 1. The number of fused-ring (bicyclic) bond motifs is 3. The van der Waals surface area contributed by atoms with Gasteiger partial charge in [-0.05, 0) is 36.5 Å². The average Bonchev–Trinajstić information content (AvgIpc) is 3.15. The van der Waals surface area contributed by atoms with Crippen LogP contribution in [0.1, 0.15) is 22.4 Å². The van der Waals surface area contributed by atoms with E-state index in [1.807, 2.05) is 30.3 Å². The Morgan fingerprint density at radius 3 is 2.91 bits per heavy atom. The van der Waals surface area contributed by atoms with Crippen LogP contribution in [0.3, 0.4) is 0 Å². The number of hydrogen-bond acceptors (Lipinski definition) is 4. The maximum atomic E-state index is 12.2. The van der Waals surface area contributed by atoms with Crippen molar-refractivity contribution in [1.82, 2.24) is 9.97 Å². The Labute approximate surface area is 137 Å². The number of benzene rings is 1. The van der Waals surface area contributed by atoms with Gasteiger partial charge in [-0.3, -0.25) is 4.79 Å². The van der Waals surface area contributed by atoms with Gasteiger partial charge in [-0.25, -0.2) is 9.97 Å². The first-order valence-electron chi connectivity index (χ1n) is 7.60. The lowest BCUT2D eigenvalue weighted by molar-refractivity contribution is -0.111. The zero-order chi connectivity index (χ0) is 15.6. The third-order valence-electron chi connectivity index (χ3n) is 3.97. The molecule has 0 spiro atoms. The van der Waals surface area contributed by atoms with Gasteiger partial charge in [0.1, 0.15) is 17.0 Å². The van der Waals surface area contributed by atoms with Gasteiger partial charge in [-0.15, -0.1) is 11.3 Å². The van der Waals surface area contributed by atoms with E-state index in [1.165, 1.54) is 29.3 Å². The smallest absolute Gasteiger partial charge is 0.249 e. The first kappa shape index (κ1) is 14.1. The molecule has 114 valence electrons. The molecule has 0 atom stereocenters. The van der Waals surface area contributed by atoms with Gasteiger partial charge in [-0.1, -0.05) is 30.3 Å². The van der Waals surface area contributed by atoms with Gasteiger partial charge < -0.3 is 5.32 Å². The SMILES string of the molecule is O=C(/C=C/c1ccccc1)Nc1ncnc2sc3c(c12)CCC3. The largest absolute Gasteiger partial charge is 0.306 e. The number of hydrogen-bond donors (Lipinski definition) is 1. The molecule has 4 nitrogen and oxygen atoms in total. The van der Waals surface area contributed by atoms with Crippen molar-refractivity contribution in [1.29, 1.82) is 0 Å². The zero-order valence-electron chi connectivity index (χ0n) is 12.5. The second-order valence-electron chi connectivity index (χ2n) is 5.49. The van der Waals surface area contributed by atoms with E-state index in [1.54, 1.807) is 17.4 Å². The number of anilines is 1. The van der Waals surface area contributed by atoms with Crippen molar-refractivity contribution in [2.45, 2.75) is 19.3 Å². The molecule has 0 fully saturated rings. The van der Waals surface area contributed by atoms with Gasteiger partial charge in [0.05, 0.1) is 5.39 Å². The summed E-state index contributed by atoms with van der Waals surface area (Å²) in [6.45, 7) is 0. The normalized spacial score (nSPS) is 13.6. The van der Waals surface area contributed by atoms with Crippen LogP contribution in [0.25, 0.3) is 16.3 Å². The van der Waals surface area contributed by atoms with Crippen LogP contribution in [0.2, 0.25) is 0 Å². The predicted octanol–water partition coefficient (Wildman–Crippen LogP) is 3.83. The second kappa shape index (κ2) is 5.93. The van der Waals surface area contributed by atoms with Crippen molar-refractivity contribution >= 4 is 39.4 Å². The van der Waals surface area contributed by atoms with Crippen LogP contribution >= 0.6 is 11.3 Å². The molecule has 1 amide bonds. The van der Waals surface area contributed by atoms with E-state index in [4.69, 9.17) is 0 Å². The van der Waals surface area contributed by atoms with Gasteiger partial charge in [0.2, 0.25) is 5.91 Å². The first-order valence-corrected chi connectivity index (χ1v) is 8.42. The van der Waals surface area contributed by atoms with Gasteiger partial charge in [0.15, 0.2) is 0 Å². The molecule has 3 aromatic rings. The standard InChI is InChI=1S/C18H15N3OS/c22-15(10-9-12-5-2-1-3-6-12)21-17-16-13-7-4-8-14(13)23-18(16)20-11-19-17/h1-3,5-6,9-11H,4,7-8H2,(H,19,20,21,22)/b10-9+. The van der Waals surface area contributed by atoms with Crippen LogP contribution in [0.5, 0.6) is 0 Å². The predicted molar refractivity (Wildman–Crippen MR) is 93.5 cm³/mol. The Morgan fingerprint density at radius 2 is 2.04 bits per heavy atom. The summed E-state index contributed by atoms with van der Waals surface area (Å²) in [6, 6.07) is 9.75. The molecule has 1 aliphatic carbocycles. The number of carbonyl (C=O) groups excluding carboxylic acids is 1. The van der Waals surface area contributed by atoms with E-state index >= 15 is 0 Å². The molecule has 0 radical (unpaired) electrons. The molecule has 1 aliphatic rings. The Morgan fingerprint density at radius 1 is 1.17 bits per heavy atom. The summed E-state index contributed by atoms with van der Waals surface area (Å²) in [5.41, 5.74) is 2.31. The summed E-state index contributed by atoms with van der Waals surface area (Å²) in [5, 5.41) is 3.92. The van der Waals surface area contributed by atoms with E-state index in [2.05, 4.69) is 15.3 Å². The molecule has 1 N–H and O–H groups in total. The Bertz CT molecular complexity index is 899. The van der Waals surface area contributed by atoms with Crippen molar-refractivity contribution in [3.63, 3.8) is 0 Å². The summed E-state index contributed by atoms with van der Waals surface area (Å²) in [5.74, 6) is 0.448. The molecule has 2 aromatic heterocycles. The zero-order valence-corrected chi connectivity index (χ0v) is 13.3. The second-order valence-corrected chi connectivity index (χ2v) is 6.58. The number of aromatic nitrogens is 2. The van der Waals surface area contributed by atoms with Crippen LogP contribution in [0.15, 0.2) is 42.7 Å². The van der Waals surface area contributed by atoms with Gasteiger partial charge in [0.25, 0.3) is 0 Å². The van der Waals surface area contributed by atoms with Gasteiger partial charge in [-0.2, -0.15) is 0 Å². The number of thiophene rings is 1. The van der Waals surface area contributed by atoms with Crippen molar-refractivity contribution in [2.75, 3.05) is 5.32 Å². The van der Waals surface area contributed by atoms with Crippen LogP contribution in [-0.2, 0) is 17.6 Å². The van der Waals surface area contributed by atoms with Crippen molar-refractivity contribution < 1.29 is 4.79 Å². The van der Waals surface area contributed by atoms with Crippen molar-refractivity contribution in [2.24, 2.45) is 0 Å². The number of carbonyl (C=O) groups is 1. The minimum absolute atomic E-state index is 0.174. The molecule has 1 aromatic carbocycles. The number of aryl methyl sites for hydroxylation is 2. The maximum absolute atomic E-state index is 12.2. The molecule has 0 saturated heterocycles. The van der Waals surface area contributed by atoms with Crippen LogP contribution in [0, 0.1) is 0 Å². The molecule has 2 heterocycles. The molecule has 0 aliphatic heterocycles. The Hall–Kier alpha value is -2.53. The molecule has 4 rings (SSSR count). The Balaban J connectivity index is 1.60. The summed E-state index contributed by atoms with van der Waals surface area (Å²) in [6.07, 6.45) is 8.18. The fraction of sp³-hybridized carbons (Fsp3) is 0.167. The van der Waals surface area contributed by atoms with Crippen molar-refractivity contribution in [3.05, 3.63) is 58.7 Å². The third kappa shape index (κ3) is 2.75. The van der Waals surface area contributed by atoms with Gasteiger partial charge in [0, 0.05) is 11.0 Å². The lowest BCUT2D eigenvalue weighted by Crippen LogP contribution is -2.10. The highest BCUT2D eigenvalue weighted by Gasteiger charge is 2.21. The minimum atomic E-state index is -0.174. The molecule has 0 saturated carbocycles. The lowest BCUT2D eigenvalue weighted by Gasteiger charge is -2.04. The Kier molecular flexibility index (Phi) is 3.63. The maximum Gasteiger partial charge on any atom is 0.249 e. The fourth-order valence-corrected chi connectivity index (χ4v) is 4.15. The number of rotatable bonds is 3. The van der Waals surface area contributed by atoms with Gasteiger partial charge >= 0.3 is 0 Å². The minimum Gasteiger partial charge on any atom is -0.306 e.